The van der Waals surface area contributed by atoms with Crippen LogP contribution in [0.25, 0.3) is 0 Å². The van der Waals surface area contributed by atoms with Crippen molar-refractivity contribution in [1.29, 1.82) is 0 Å². The van der Waals surface area contributed by atoms with Gasteiger partial charge in [-0.25, -0.2) is 4.79 Å². The molecule has 0 atom stereocenters. The zero-order valence-electron chi connectivity index (χ0n) is 16.8. The summed E-state index contributed by atoms with van der Waals surface area (Å²) in [6.45, 7) is 2.22. The first kappa shape index (κ1) is 23.1. The van der Waals surface area contributed by atoms with Crippen molar-refractivity contribution in [2.24, 2.45) is 0 Å². The number of hydroxylamine groups is 2. The maximum Gasteiger partial charge on any atom is 0.333 e. The molecule has 1 saturated heterocycles. The maximum absolute atomic E-state index is 11.6. The Hall–Kier alpha value is -1.91. The first-order valence-corrected chi connectivity index (χ1v) is 10.5. The Balaban J connectivity index is 1.90. The Labute approximate surface area is 163 Å². The summed E-state index contributed by atoms with van der Waals surface area (Å²) < 4.78 is 0. The quantitative estimate of drug-likeness (QED) is 0.217. The molecule has 1 heterocycles. The predicted octanol–water partition coefficient (Wildman–Crippen LogP) is 5.41. The van der Waals surface area contributed by atoms with Gasteiger partial charge in [0, 0.05) is 19.3 Å². The second-order valence-corrected chi connectivity index (χ2v) is 7.03. The van der Waals surface area contributed by atoms with Crippen molar-refractivity contribution >= 4 is 17.8 Å². The first-order valence-electron chi connectivity index (χ1n) is 10.5. The van der Waals surface area contributed by atoms with Crippen LogP contribution >= 0.6 is 0 Å². The number of hydrogen-bond donors (Lipinski definition) is 0. The van der Waals surface area contributed by atoms with Crippen LogP contribution in [0.5, 0.6) is 0 Å². The van der Waals surface area contributed by atoms with E-state index in [0.29, 0.717) is 5.06 Å². The van der Waals surface area contributed by atoms with Crippen molar-refractivity contribution in [3.63, 3.8) is 0 Å². The van der Waals surface area contributed by atoms with Crippen molar-refractivity contribution in [3.05, 3.63) is 24.3 Å². The van der Waals surface area contributed by atoms with E-state index in [2.05, 4.69) is 31.2 Å². The van der Waals surface area contributed by atoms with Gasteiger partial charge in [-0.15, -0.1) is 5.06 Å². The zero-order valence-corrected chi connectivity index (χ0v) is 16.8. The number of nitrogens with zero attached hydrogens (tertiary/aromatic N) is 1. The van der Waals surface area contributed by atoms with E-state index in [1.807, 2.05) is 0 Å². The second kappa shape index (κ2) is 15.2. The van der Waals surface area contributed by atoms with E-state index in [1.54, 1.807) is 0 Å². The van der Waals surface area contributed by atoms with Crippen LogP contribution in [0.4, 0.5) is 0 Å². The summed E-state index contributed by atoms with van der Waals surface area (Å²) in [6.07, 6.45) is 21.8. The third kappa shape index (κ3) is 11.4. The number of carbonyl (C=O) groups excluding carboxylic acids is 3. The summed E-state index contributed by atoms with van der Waals surface area (Å²) in [5.74, 6) is -1.34. The zero-order chi connectivity index (χ0) is 19.7. The highest BCUT2D eigenvalue weighted by Gasteiger charge is 2.32. The molecule has 1 rings (SSSR count). The van der Waals surface area contributed by atoms with Crippen molar-refractivity contribution in [2.45, 2.75) is 96.8 Å². The van der Waals surface area contributed by atoms with Crippen molar-refractivity contribution in [1.82, 2.24) is 5.06 Å². The number of hydrogen-bond acceptors (Lipinski definition) is 4. The molecule has 5 heteroatoms. The molecule has 0 bridgehead atoms. The molecule has 0 unspecified atom stereocenters. The lowest BCUT2D eigenvalue weighted by molar-refractivity contribution is -0.197. The summed E-state index contributed by atoms with van der Waals surface area (Å²) in [4.78, 5) is 39.2. The molecular weight excluding hydrogens is 342 g/mol. The number of rotatable bonds is 15. The van der Waals surface area contributed by atoms with Crippen LogP contribution in [0.1, 0.15) is 96.8 Å². The molecule has 0 aromatic heterocycles. The van der Waals surface area contributed by atoms with Crippen molar-refractivity contribution in [2.75, 3.05) is 0 Å². The fourth-order valence-corrected chi connectivity index (χ4v) is 2.89. The summed E-state index contributed by atoms with van der Waals surface area (Å²) in [5, 5.41) is 0.620. The van der Waals surface area contributed by atoms with E-state index in [4.69, 9.17) is 4.84 Å². The van der Waals surface area contributed by atoms with E-state index in [-0.39, 0.29) is 19.3 Å². The van der Waals surface area contributed by atoms with Crippen LogP contribution in [-0.2, 0) is 19.2 Å². The molecule has 1 aliphatic heterocycles. The van der Waals surface area contributed by atoms with Crippen LogP contribution < -0.4 is 0 Å². The van der Waals surface area contributed by atoms with Crippen molar-refractivity contribution in [3.8, 4) is 0 Å². The minimum Gasteiger partial charge on any atom is -0.330 e. The molecule has 0 saturated carbocycles. The number of unbranched alkanes of at least 4 members (excludes halogenated alkanes) is 8. The molecule has 0 aliphatic carbocycles. The third-order valence-corrected chi connectivity index (χ3v) is 4.53. The van der Waals surface area contributed by atoms with Gasteiger partial charge in [0.05, 0.1) is 0 Å². The smallest absolute Gasteiger partial charge is 0.330 e. The molecule has 152 valence electrons. The molecule has 2 amide bonds. The minimum atomic E-state index is -0.496. The highest BCUT2D eigenvalue weighted by atomic mass is 16.7. The van der Waals surface area contributed by atoms with Crippen LogP contribution in [-0.4, -0.2) is 22.8 Å². The molecule has 5 nitrogen and oxygen atoms in total. The normalized spacial score (nSPS) is 14.8. The average molecular weight is 378 g/mol. The van der Waals surface area contributed by atoms with Crippen molar-refractivity contribution < 1.29 is 19.2 Å². The Kier molecular flexibility index (Phi) is 13.0. The van der Waals surface area contributed by atoms with Gasteiger partial charge >= 0.3 is 5.97 Å². The first-order chi connectivity index (χ1) is 13.1. The van der Waals surface area contributed by atoms with E-state index in [0.717, 1.165) is 44.9 Å². The van der Waals surface area contributed by atoms with Crippen LogP contribution in [0.15, 0.2) is 24.3 Å². The third-order valence-electron chi connectivity index (χ3n) is 4.53. The lowest BCUT2D eigenvalue weighted by Gasteiger charge is -2.12. The van der Waals surface area contributed by atoms with Gasteiger partial charge in [0.1, 0.15) is 0 Å². The van der Waals surface area contributed by atoms with E-state index >= 15 is 0 Å². The molecule has 27 heavy (non-hydrogen) atoms. The molecule has 0 spiro atoms. The van der Waals surface area contributed by atoms with Gasteiger partial charge in [0.2, 0.25) is 0 Å². The largest absolute Gasteiger partial charge is 0.333 e. The van der Waals surface area contributed by atoms with Gasteiger partial charge in [0.15, 0.2) is 0 Å². The molecule has 0 N–H and O–H groups in total. The lowest BCUT2D eigenvalue weighted by atomic mass is 10.1. The predicted molar refractivity (Wildman–Crippen MR) is 107 cm³/mol. The average Bonchev–Trinajstić information content (AvgIpc) is 2.97. The highest BCUT2D eigenvalue weighted by molar-refractivity contribution is 6.01. The van der Waals surface area contributed by atoms with E-state index < -0.39 is 17.8 Å². The Morgan fingerprint density at radius 3 is 2.04 bits per heavy atom. The molecule has 1 fully saturated rings. The van der Waals surface area contributed by atoms with Crippen LogP contribution in [0.2, 0.25) is 0 Å². The number of imide groups is 1. The van der Waals surface area contributed by atoms with Gasteiger partial charge in [0.25, 0.3) is 11.8 Å². The number of amides is 2. The second-order valence-electron chi connectivity index (χ2n) is 7.03. The number of allylic oxidation sites excluding steroid dienone is 4. The van der Waals surface area contributed by atoms with E-state index in [9.17, 15) is 14.4 Å². The Morgan fingerprint density at radius 1 is 0.852 bits per heavy atom. The van der Waals surface area contributed by atoms with Gasteiger partial charge < -0.3 is 4.84 Å². The fraction of sp³-hybridized carbons (Fsp3) is 0.682. The summed E-state index contributed by atoms with van der Waals surface area (Å²) in [5.41, 5.74) is 0. The molecular formula is C22H35NO4. The van der Waals surface area contributed by atoms with E-state index in [1.165, 1.54) is 25.7 Å². The van der Waals surface area contributed by atoms with Gasteiger partial charge in [-0.3, -0.25) is 9.59 Å². The summed E-state index contributed by atoms with van der Waals surface area (Å²) in [7, 11) is 0. The van der Waals surface area contributed by atoms with Gasteiger partial charge in [-0.1, -0.05) is 63.3 Å². The van der Waals surface area contributed by atoms with Gasteiger partial charge in [-0.2, -0.15) is 0 Å². The fourth-order valence-electron chi connectivity index (χ4n) is 2.89. The van der Waals surface area contributed by atoms with Gasteiger partial charge in [-0.05, 0) is 38.5 Å². The molecule has 0 radical (unpaired) electrons. The topological polar surface area (TPSA) is 63.7 Å². The molecule has 0 aromatic carbocycles. The molecule has 0 aromatic rings. The maximum atomic E-state index is 11.6. The molecule has 1 aliphatic rings. The standard InChI is InChI=1S/C22H35NO4/c1-2-3-4-5-6-7-8-9-10-11-12-13-14-15-16-17-22(26)27-23-20(24)18-19-21(23)25/h6-7,9-10H,2-5,8,11-19H2,1H3. The van der Waals surface area contributed by atoms with Crippen LogP contribution in [0, 0.1) is 0 Å². The highest BCUT2D eigenvalue weighted by Crippen LogP contribution is 2.14. The summed E-state index contributed by atoms with van der Waals surface area (Å²) in [6, 6.07) is 0. The Bertz CT molecular complexity index is 494. The SMILES string of the molecule is CCCCCC=CCC=CCCCCCCCC(=O)ON1C(=O)CCC1=O. The minimum absolute atomic E-state index is 0.135. The van der Waals surface area contributed by atoms with Crippen LogP contribution in [0.3, 0.4) is 0 Å². The Morgan fingerprint density at radius 2 is 1.41 bits per heavy atom. The number of carbonyl (C=O) groups is 3. The monoisotopic (exact) mass is 377 g/mol. The lowest BCUT2D eigenvalue weighted by Crippen LogP contribution is -2.31. The summed E-state index contributed by atoms with van der Waals surface area (Å²) >= 11 is 0.